The number of nitrogens with zero attached hydrogens (tertiary/aromatic N) is 1. The van der Waals surface area contributed by atoms with Gasteiger partial charge < -0.3 is 10.4 Å². The fraction of sp³-hybridized carbons (Fsp3) is 0.571. The number of aliphatic hydroxyl groups excluding tert-OH is 1. The maximum Gasteiger partial charge on any atom is 0.416 e. The van der Waals surface area contributed by atoms with Gasteiger partial charge in [-0.25, -0.2) is 4.39 Å². The topological polar surface area (TPSA) is 35.5 Å². The lowest BCUT2D eigenvalue weighted by Gasteiger charge is -2.35. The van der Waals surface area contributed by atoms with Crippen LogP contribution < -0.4 is 5.32 Å². The Morgan fingerprint density at radius 1 is 1.26 bits per heavy atom. The molecule has 0 aromatic heterocycles. The predicted molar refractivity (Wildman–Crippen MR) is 82.5 cm³/mol. The number of nitrogens with one attached hydrogen (secondary N) is 1. The van der Waals surface area contributed by atoms with Gasteiger partial charge in [-0.15, -0.1) is 12.4 Å². The van der Waals surface area contributed by atoms with Crippen LogP contribution in [0.5, 0.6) is 0 Å². The predicted octanol–water partition coefficient (Wildman–Crippen LogP) is 3.25. The highest BCUT2D eigenvalue weighted by molar-refractivity contribution is 6.30. The fourth-order valence-electron chi connectivity index (χ4n) is 2.67. The molecule has 0 amide bonds. The Hall–Kier alpha value is -0.600. The summed E-state index contributed by atoms with van der Waals surface area (Å²) >= 11 is 5.64. The van der Waals surface area contributed by atoms with Crippen LogP contribution in [0.4, 0.5) is 17.6 Å². The smallest absolute Gasteiger partial charge is 0.396 e. The van der Waals surface area contributed by atoms with Crippen molar-refractivity contribution in [1.82, 2.24) is 10.2 Å². The van der Waals surface area contributed by atoms with Gasteiger partial charge in [-0.1, -0.05) is 11.6 Å². The molecule has 0 aliphatic carbocycles. The zero-order valence-corrected chi connectivity index (χ0v) is 13.7. The van der Waals surface area contributed by atoms with Crippen molar-refractivity contribution in [3.05, 3.63) is 34.1 Å². The summed E-state index contributed by atoms with van der Waals surface area (Å²) in [4.78, 5) is 1.86. The third kappa shape index (κ3) is 4.93. The van der Waals surface area contributed by atoms with Crippen molar-refractivity contribution < 1.29 is 22.7 Å². The van der Waals surface area contributed by atoms with Gasteiger partial charge in [-0.2, -0.15) is 13.2 Å². The first kappa shape index (κ1) is 20.4. The zero-order chi connectivity index (χ0) is 16.3. The maximum absolute atomic E-state index is 14.3. The molecule has 0 bridgehead atoms. The molecule has 1 saturated heterocycles. The molecule has 9 heteroatoms. The number of aliphatic hydroxyl groups is 1. The highest BCUT2D eigenvalue weighted by atomic mass is 35.5. The lowest BCUT2D eigenvalue weighted by atomic mass is 9.98. The second-order valence-electron chi connectivity index (χ2n) is 5.17. The molecule has 1 fully saturated rings. The Morgan fingerprint density at radius 2 is 1.87 bits per heavy atom. The second-order valence-corrected chi connectivity index (χ2v) is 5.58. The molecule has 3 nitrogen and oxygen atoms in total. The summed E-state index contributed by atoms with van der Waals surface area (Å²) in [5.74, 6) is -0.855. The average Bonchev–Trinajstić information content (AvgIpc) is 2.47. The third-order valence-corrected chi connectivity index (χ3v) is 4.01. The highest BCUT2D eigenvalue weighted by Crippen LogP contribution is 2.37. The second kappa shape index (κ2) is 8.48. The van der Waals surface area contributed by atoms with Crippen LogP contribution in [0.2, 0.25) is 5.02 Å². The molecule has 1 aromatic rings. The van der Waals surface area contributed by atoms with Crippen molar-refractivity contribution in [2.24, 2.45) is 0 Å². The van der Waals surface area contributed by atoms with Gasteiger partial charge in [0.2, 0.25) is 0 Å². The highest BCUT2D eigenvalue weighted by Gasteiger charge is 2.34. The molecule has 132 valence electrons. The maximum atomic E-state index is 14.3. The Morgan fingerprint density at radius 3 is 2.39 bits per heavy atom. The number of hydrogen-bond acceptors (Lipinski definition) is 3. The standard InChI is InChI=1S/C14H17ClF4N2O.ClH/c15-11-8-9(14(17,18)19)7-10(13(11)16)12(1-6-22)21-4-2-20-3-5-21;/h7-8,12,20,22H,1-6H2;1H/t12-;/m0./s1. The molecule has 23 heavy (non-hydrogen) atoms. The van der Waals surface area contributed by atoms with E-state index in [9.17, 15) is 22.7 Å². The molecule has 1 aliphatic rings. The van der Waals surface area contributed by atoms with E-state index >= 15 is 0 Å². The molecule has 2 rings (SSSR count). The Bertz CT molecular complexity index is 522. The molecule has 0 spiro atoms. The van der Waals surface area contributed by atoms with Gasteiger partial charge in [0.1, 0.15) is 5.82 Å². The molecule has 1 aliphatic heterocycles. The summed E-state index contributed by atoms with van der Waals surface area (Å²) in [7, 11) is 0. The van der Waals surface area contributed by atoms with Crippen LogP contribution >= 0.6 is 24.0 Å². The van der Waals surface area contributed by atoms with Crippen molar-refractivity contribution in [2.75, 3.05) is 32.8 Å². The van der Waals surface area contributed by atoms with E-state index in [1.54, 1.807) is 0 Å². The zero-order valence-electron chi connectivity index (χ0n) is 12.2. The lowest BCUT2D eigenvalue weighted by molar-refractivity contribution is -0.137. The molecular formula is C14H18Cl2F4N2O. The first-order valence-corrected chi connectivity index (χ1v) is 7.34. The first-order chi connectivity index (χ1) is 10.3. The van der Waals surface area contributed by atoms with Crippen LogP contribution in [0.3, 0.4) is 0 Å². The molecule has 0 radical (unpaired) electrons. The Labute approximate surface area is 143 Å². The van der Waals surface area contributed by atoms with Crippen LogP contribution in [0.15, 0.2) is 12.1 Å². The van der Waals surface area contributed by atoms with Crippen LogP contribution in [0.1, 0.15) is 23.6 Å². The third-order valence-electron chi connectivity index (χ3n) is 3.74. The number of rotatable bonds is 4. The number of halogens is 6. The average molecular weight is 377 g/mol. The summed E-state index contributed by atoms with van der Waals surface area (Å²) in [6.45, 7) is 2.21. The van der Waals surface area contributed by atoms with Crippen molar-refractivity contribution >= 4 is 24.0 Å². The van der Waals surface area contributed by atoms with E-state index in [0.717, 1.165) is 6.07 Å². The summed E-state index contributed by atoms with van der Waals surface area (Å²) < 4.78 is 53.0. The van der Waals surface area contributed by atoms with Gasteiger partial charge in [0, 0.05) is 44.4 Å². The van der Waals surface area contributed by atoms with Crippen molar-refractivity contribution in [3.8, 4) is 0 Å². The van der Waals surface area contributed by atoms with Crippen molar-refractivity contribution in [2.45, 2.75) is 18.6 Å². The minimum absolute atomic E-state index is 0. The summed E-state index contributed by atoms with van der Waals surface area (Å²) in [5.41, 5.74) is -1.09. The van der Waals surface area contributed by atoms with Crippen LogP contribution in [0.25, 0.3) is 0 Å². The monoisotopic (exact) mass is 376 g/mol. The van der Waals surface area contributed by atoms with Crippen molar-refractivity contribution in [3.63, 3.8) is 0 Å². The summed E-state index contributed by atoms with van der Waals surface area (Å²) in [6.07, 6.45) is -4.45. The first-order valence-electron chi connectivity index (χ1n) is 6.96. The van der Waals surface area contributed by atoms with Crippen LogP contribution in [-0.4, -0.2) is 42.8 Å². The van der Waals surface area contributed by atoms with E-state index < -0.39 is 28.6 Å². The Kier molecular flexibility index (Phi) is 7.54. The van der Waals surface area contributed by atoms with E-state index in [4.69, 9.17) is 11.6 Å². The van der Waals surface area contributed by atoms with Crippen molar-refractivity contribution in [1.29, 1.82) is 0 Å². The summed E-state index contributed by atoms with van der Waals surface area (Å²) in [5, 5.41) is 11.8. The minimum Gasteiger partial charge on any atom is -0.396 e. The van der Waals surface area contributed by atoms with E-state index in [1.807, 2.05) is 4.90 Å². The van der Waals surface area contributed by atoms with Gasteiger partial charge in [0.15, 0.2) is 0 Å². The van der Waals surface area contributed by atoms with E-state index in [-0.39, 0.29) is 31.0 Å². The quantitative estimate of drug-likeness (QED) is 0.791. The van der Waals surface area contributed by atoms with Gasteiger partial charge in [-0.05, 0) is 18.6 Å². The SMILES string of the molecule is Cl.OCC[C@@H](c1cc(C(F)(F)F)cc(Cl)c1F)N1CCNCC1. The lowest BCUT2D eigenvalue weighted by Crippen LogP contribution is -2.45. The molecule has 1 heterocycles. The normalized spacial score (nSPS) is 17.7. The molecule has 0 saturated carbocycles. The minimum atomic E-state index is -4.60. The number of piperazine rings is 1. The van der Waals surface area contributed by atoms with Gasteiger partial charge in [-0.3, -0.25) is 4.90 Å². The molecule has 1 aromatic carbocycles. The molecule has 2 N–H and O–H groups in total. The number of benzene rings is 1. The molecule has 1 atom stereocenters. The van der Waals surface area contributed by atoms with Gasteiger partial charge in [0.25, 0.3) is 0 Å². The van der Waals surface area contributed by atoms with Gasteiger partial charge in [0.05, 0.1) is 10.6 Å². The van der Waals surface area contributed by atoms with Crippen LogP contribution in [-0.2, 0) is 6.18 Å². The van der Waals surface area contributed by atoms with Gasteiger partial charge >= 0.3 is 6.18 Å². The molecular weight excluding hydrogens is 359 g/mol. The van der Waals surface area contributed by atoms with E-state index in [0.29, 0.717) is 32.2 Å². The van der Waals surface area contributed by atoms with Crippen LogP contribution in [0, 0.1) is 5.82 Å². The van der Waals surface area contributed by atoms with E-state index in [1.165, 1.54) is 0 Å². The summed E-state index contributed by atoms with van der Waals surface area (Å²) in [6, 6.07) is 0.754. The Balaban J connectivity index is 0.00000264. The van der Waals surface area contributed by atoms with E-state index in [2.05, 4.69) is 5.32 Å². The number of alkyl halides is 3. The number of hydrogen-bond donors (Lipinski definition) is 2. The fourth-order valence-corrected chi connectivity index (χ4v) is 2.89. The largest absolute Gasteiger partial charge is 0.416 e. The molecule has 0 unspecified atom stereocenters.